The van der Waals surface area contributed by atoms with Crippen molar-refractivity contribution in [3.8, 4) is 22.7 Å². The summed E-state index contributed by atoms with van der Waals surface area (Å²) in [6.45, 7) is 2.76. The Labute approximate surface area is 205 Å². The first-order chi connectivity index (χ1) is 15.5. The van der Waals surface area contributed by atoms with Crippen molar-refractivity contribution in [1.82, 2.24) is 14.7 Å². The van der Waals surface area contributed by atoms with Gasteiger partial charge in [0, 0.05) is 12.1 Å². The minimum Gasteiger partial charge on any atom is -0.496 e. The zero-order chi connectivity index (χ0) is 22.7. The summed E-state index contributed by atoms with van der Waals surface area (Å²) in [5.74, 6) is 0.718. The Hall–Kier alpha value is -2.42. The van der Waals surface area contributed by atoms with Gasteiger partial charge in [0.25, 0.3) is 5.91 Å². The maximum absolute atomic E-state index is 13.0. The van der Waals surface area contributed by atoms with Crippen LogP contribution in [0, 0.1) is 0 Å². The van der Waals surface area contributed by atoms with Gasteiger partial charge in [-0.05, 0) is 64.8 Å². The van der Waals surface area contributed by atoms with Crippen LogP contribution in [-0.2, 0) is 4.79 Å². The highest BCUT2D eigenvalue weighted by atomic mass is 79.9. The van der Waals surface area contributed by atoms with Crippen LogP contribution in [0.4, 0.5) is 0 Å². The van der Waals surface area contributed by atoms with Gasteiger partial charge in [-0.3, -0.25) is 9.69 Å². The summed E-state index contributed by atoms with van der Waals surface area (Å²) in [6, 6.07) is 17.7. The molecule has 0 unspecified atom stereocenters. The predicted molar refractivity (Wildman–Crippen MR) is 138 cm³/mol. The number of unbranched alkanes of at least 4 members (excludes halogenated alkanes) is 1. The van der Waals surface area contributed by atoms with E-state index in [1.165, 1.54) is 11.8 Å². The Kier molecular flexibility index (Phi) is 7.13. The summed E-state index contributed by atoms with van der Waals surface area (Å²) < 4.78 is 8.66. The second-order valence-corrected chi connectivity index (χ2v) is 9.77. The van der Waals surface area contributed by atoms with Crippen molar-refractivity contribution in [3.63, 3.8) is 0 Å². The van der Waals surface area contributed by atoms with Crippen LogP contribution in [0.2, 0.25) is 0 Å². The average Bonchev–Trinajstić information content (AvgIpc) is 3.34. The van der Waals surface area contributed by atoms with Crippen LogP contribution in [0.5, 0.6) is 5.75 Å². The lowest BCUT2D eigenvalue weighted by Gasteiger charge is -2.13. The third-order valence-electron chi connectivity index (χ3n) is 5.07. The van der Waals surface area contributed by atoms with Crippen LogP contribution in [0.25, 0.3) is 23.0 Å². The Morgan fingerprint density at radius 3 is 2.66 bits per heavy atom. The van der Waals surface area contributed by atoms with Crippen molar-refractivity contribution < 1.29 is 9.53 Å². The maximum atomic E-state index is 13.0. The molecule has 5 nitrogen and oxygen atoms in total. The number of nitrogens with zero attached hydrogens (tertiary/aromatic N) is 3. The van der Waals surface area contributed by atoms with Gasteiger partial charge >= 0.3 is 0 Å². The van der Waals surface area contributed by atoms with Crippen molar-refractivity contribution >= 4 is 56.2 Å². The van der Waals surface area contributed by atoms with E-state index in [2.05, 4.69) is 22.9 Å². The van der Waals surface area contributed by atoms with Crippen molar-refractivity contribution in [3.05, 3.63) is 69.7 Å². The van der Waals surface area contributed by atoms with Gasteiger partial charge in [-0.15, -0.1) is 0 Å². The van der Waals surface area contributed by atoms with Crippen molar-refractivity contribution in [2.75, 3.05) is 13.7 Å². The van der Waals surface area contributed by atoms with Gasteiger partial charge in [0.1, 0.15) is 10.1 Å². The van der Waals surface area contributed by atoms with E-state index in [1.54, 1.807) is 12.0 Å². The molecule has 0 radical (unpaired) electrons. The third-order valence-corrected chi connectivity index (χ3v) is 7.07. The standard InChI is InChI=1S/C24H22BrN3O2S2/c1-3-4-12-27-23(29)22(32-24(27)31)15-18-14-20(16-10-11-21(30-2)19(25)13-16)26-28(18)17-8-6-5-7-9-17/h5-11,13-15H,3-4,12H2,1-2H3. The topological polar surface area (TPSA) is 47.4 Å². The maximum Gasteiger partial charge on any atom is 0.266 e. The molecule has 0 saturated carbocycles. The monoisotopic (exact) mass is 527 g/mol. The fraction of sp³-hybridized carbons (Fsp3) is 0.208. The molecule has 0 spiro atoms. The smallest absolute Gasteiger partial charge is 0.266 e. The van der Waals surface area contributed by atoms with Gasteiger partial charge in [-0.1, -0.05) is 55.5 Å². The molecule has 3 aromatic rings. The predicted octanol–water partition coefficient (Wildman–Crippen LogP) is 6.31. The molecule has 1 amide bonds. The number of aromatic nitrogens is 2. The van der Waals surface area contributed by atoms with Gasteiger partial charge in [0.15, 0.2) is 0 Å². The number of ether oxygens (including phenoxy) is 1. The van der Waals surface area contributed by atoms with Gasteiger partial charge in [0.05, 0.1) is 33.6 Å². The van der Waals surface area contributed by atoms with E-state index in [9.17, 15) is 4.79 Å². The second-order valence-electron chi connectivity index (χ2n) is 7.24. The van der Waals surface area contributed by atoms with E-state index >= 15 is 0 Å². The lowest BCUT2D eigenvalue weighted by atomic mass is 10.1. The molecule has 0 N–H and O–H groups in total. The quantitative estimate of drug-likeness (QED) is 0.266. The van der Waals surface area contributed by atoms with Crippen LogP contribution in [0.15, 0.2) is 64.0 Å². The van der Waals surface area contributed by atoms with E-state index in [0.717, 1.165) is 45.7 Å². The highest BCUT2D eigenvalue weighted by Gasteiger charge is 2.31. The Morgan fingerprint density at radius 2 is 1.97 bits per heavy atom. The number of para-hydroxylation sites is 1. The van der Waals surface area contributed by atoms with Gasteiger partial charge < -0.3 is 4.74 Å². The number of amides is 1. The molecular weight excluding hydrogens is 506 g/mol. The lowest BCUT2D eigenvalue weighted by Crippen LogP contribution is -2.28. The highest BCUT2D eigenvalue weighted by Crippen LogP contribution is 2.35. The summed E-state index contributed by atoms with van der Waals surface area (Å²) in [6.07, 6.45) is 3.82. The number of methoxy groups -OCH3 is 1. The molecule has 1 fully saturated rings. The number of carbonyl (C=O) groups is 1. The minimum atomic E-state index is -0.0389. The summed E-state index contributed by atoms with van der Waals surface area (Å²) in [4.78, 5) is 15.3. The zero-order valence-corrected chi connectivity index (χ0v) is 21.0. The van der Waals surface area contributed by atoms with Crippen LogP contribution in [0.1, 0.15) is 25.5 Å². The number of benzene rings is 2. The molecule has 2 heterocycles. The van der Waals surface area contributed by atoms with Crippen LogP contribution in [-0.4, -0.2) is 38.6 Å². The fourth-order valence-electron chi connectivity index (χ4n) is 3.38. The number of hydrogen-bond acceptors (Lipinski definition) is 5. The molecule has 32 heavy (non-hydrogen) atoms. The molecule has 0 bridgehead atoms. The number of thiocarbonyl (C=S) groups is 1. The second kappa shape index (κ2) is 10.0. The van der Waals surface area contributed by atoms with E-state index in [1.807, 2.05) is 65.4 Å². The molecule has 4 rings (SSSR count). The number of carbonyl (C=O) groups excluding carboxylic acids is 1. The summed E-state index contributed by atoms with van der Waals surface area (Å²) in [5.41, 5.74) is 3.47. The first kappa shape index (κ1) is 22.8. The SMILES string of the molecule is CCCCN1C(=O)C(=Cc2cc(-c3ccc(OC)c(Br)c3)nn2-c2ccccc2)SC1=S. The fourth-order valence-corrected chi connectivity index (χ4v) is 5.22. The Bertz CT molecular complexity index is 1190. The van der Waals surface area contributed by atoms with Crippen molar-refractivity contribution in [2.24, 2.45) is 0 Å². The van der Waals surface area contributed by atoms with E-state index in [4.69, 9.17) is 22.1 Å². The zero-order valence-electron chi connectivity index (χ0n) is 17.7. The molecule has 1 saturated heterocycles. The lowest BCUT2D eigenvalue weighted by molar-refractivity contribution is -0.122. The molecule has 0 atom stereocenters. The number of hydrogen-bond donors (Lipinski definition) is 0. The molecule has 1 aliphatic rings. The van der Waals surface area contributed by atoms with Crippen LogP contribution in [0.3, 0.4) is 0 Å². The highest BCUT2D eigenvalue weighted by molar-refractivity contribution is 9.10. The van der Waals surface area contributed by atoms with E-state index < -0.39 is 0 Å². The first-order valence-corrected chi connectivity index (χ1v) is 12.3. The molecule has 0 aliphatic carbocycles. The Balaban J connectivity index is 1.76. The van der Waals surface area contributed by atoms with Gasteiger partial charge in [-0.25, -0.2) is 4.68 Å². The molecule has 1 aliphatic heterocycles. The van der Waals surface area contributed by atoms with Crippen molar-refractivity contribution in [2.45, 2.75) is 19.8 Å². The molecule has 8 heteroatoms. The minimum absolute atomic E-state index is 0.0389. The molecular formula is C24H22BrN3O2S2. The van der Waals surface area contributed by atoms with E-state index in [0.29, 0.717) is 15.8 Å². The summed E-state index contributed by atoms with van der Waals surface area (Å²) >= 11 is 10.4. The summed E-state index contributed by atoms with van der Waals surface area (Å²) in [7, 11) is 1.64. The first-order valence-electron chi connectivity index (χ1n) is 10.3. The van der Waals surface area contributed by atoms with Gasteiger partial charge in [0.2, 0.25) is 0 Å². The van der Waals surface area contributed by atoms with Gasteiger partial charge in [-0.2, -0.15) is 5.10 Å². The molecule has 164 valence electrons. The third kappa shape index (κ3) is 4.67. The largest absolute Gasteiger partial charge is 0.496 e. The van der Waals surface area contributed by atoms with E-state index in [-0.39, 0.29) is 5.91 Å². The number of rotatable bonds is 7. The Morgan fingerprint density at radius 1 is 1.19 bits per heavy atom. The normalized spacial score (nSPS) is 15.1. The molecule has 1 aromatic heterocycles. The molecule has 2 aromatic carbocycles. The van der Waals surface area contributed by atoms with Crippen LogP contribution < -0.4 is 4.74 Å². The average molecular weight is 528 g/mol. The number of halogens is 1. The number of thioether (sulfide) groups is 1. The summed E-state index contributed by atoms with van der Waals surface area (Å²) in [5, 5.41) is 4.85. The van der Waals surface area contributed by atoms with Crippen LogP contribution >= 0.6 is 39.9 Å². The van der Waals surface area contributed by atoms with Crippen molar-refractivity contribution in [1.29, 1.82) is 0 Å².